The zero-order valence-electron chi connectivity index (χ0n) is 14.8. The van der Waals surface area contributed by atoms with Gasteiger partial charge in [0.2, 0.25) is 5.91 Å². The highest BCUT2D eigenvalue weighted by atomic mass is 16.4. The number of rotatable bonds is 7. The van der Waals surface area contributed by atoms with Crippen molar-refractivity contribution in [2.75, 3.05) is 13.1 Å². The second kappa shape index (κ2) is 8.63. The van der Waals surface area contributed by atoms with E-state index in [9.17, 15) is 14.7 Å². The average Bonchev–Trinajstić information content (AvgIpc) is 3.14. The van der Waals surface area contributed by atoms with E-state index in [-0.39, 0.29) is 12.5 Å². The Balaban J connectivity index is 1.72. The maximum absolute atomic E-state index is 12.8. The number of carbonyl (C=O) groups is 2. The molecule has 0 radical (unpaired) electrons. The highest BCUT2D eigenvalue weighted by molar-refractivity contribution is 5.85. The zero-order valence-corrected chi connectivity index (χ0v) is 14.8. The van der Waals surface area contributed by atoms with Crippen LogP contribution in [0.25, 0.3) is 0 Å². The molecule has 26 heavy (non-hydrogen) atoms. The number of carboxylic acid groups (broad SMARTS) is 1. The summed E-state index contributed by atoms with van der Waals surface area (Å²) in [7, 11) is 0. The smallest absolute Gasteiger partial charge is 0.326 e. The van der Waals surface area contributed by atoms with Gasteiger partial charge < -0.3 is 10.0 Å². The van der Waals surface area contributed by atoms with Gasteiger partial charge in [0, 0.05) is 19.6 Å². The molecular weight excluding hydrogens is 328 g/mol. The van der Waals surface area contributed by atoms with E-state index < -0.39 is 12.0 Å². The number of benzene rings is 2. The van der Waals surface area contributed by atoms with Gasteiger partial charge in [0.25, 0.3) is 0 Å². The van der Waals surface area contributed by atoms with E-state index >= 15 is 0 Å². The number of aliphatic carboxylic acids is 1. The summed E-state index contributed by atoms with van der Waals surface area (Å²) in [6.07, 6.45) is 1.29. The largest absolute Gasteiger partial charge is 0.480 e. The van der Waals surface area contributed by atoms with Crippen molar-refractivity contribution >= 4 is 11.9 Å². The predicted molar refractivity (Wildman–Crippen MR) is 99.4 cm³/mol. The molecule has 1 N–H and O–H groups in total. The summed E-state index contributed by atoms with van der Waals surface area (Å²) in [5, 5.41) is 9.33. The highest BCUT2D eigenvalue weighted by Crippen LogP contribution is 2.19. The maximum atomic E-state index is 12.8. The van der Waals surface area contributed by atoms with Crippen molar-refractivity contribution in [1.82, 2.24) is 9.80 Å². The van der Waals surface area contributed by atoms with Crippen LogP contribution in [0.4, 0.5) is 0 Å². The molecule has 0 bridgehead atoms. The quantitative estimate of drug-likeness (QED) is 0.832. The lowest BCUT2D eigenvalue weighted by Gasteiger charge is -2.27. The summed E-state index contributed by atoms with van der Waals surface area (Å²) in [5.41, 5.74) is 2.26. The van der Waals surface area contributed by atoms with Crippen LogP contribution in [0, 0.1) is 0 Å². The fraction of sp³-hybridized carbons (Fsp3) is 0.333. The number of nitrogens with zero attached hydrogens (tertiary/aromatic N) is 2. The van der Waals surface area contributed by atoms with Crippen molar-refractivity contribution in [1.29, 1.82) is 0 Å². The summed E-state index contributed by atoms with van der Waals surface area (Å²) < 4.78 is 0. The number of likely N-dealkylation sites (tertiary alicyclic amines) is 1. The first-order valence-electron chi connectivity index (χ1n) is 8.96. The fourth-order valence-electron chi connectivity index (χ4n) is 3.46. The van der Waals surface area contributed by atoms with Gasteiger partial charge in [-0.25, -0.2) is 4.79 Å². The number of carboxylic acids is 1. The molecule has 2 aromatic carbocycles. The molecule has 2 aromatic rings. The molecule has 1 aliphatic rings. The second-order valence-corrected chi connectivity index (χ2v) is 6.70. The Bertz CT molecular complexity index is 692. The van der Waals surface area contributed by atoms with Gasteiger partial charge in [0.1, 0.15) is 6.04 Å². The number of hydrogen-bond donors (Lipinski definition) is 1. The first-order valence-corrected chi connectivity index (χ1v) is 8.96. The fourth-order valence-corrected chi connectivity index (χ4v) is 3.46. The molecule has 1 fully saturated rings. The zero-order chi connectivity index (χ0) is 18.4. The molecule has 1 atom stereocenters. The number of amides is 1. The monoisotopic (exact) mass is 352 g/mol. The van der Waals surface area contributed by atoms with Gasteiger partial charge in [-0.15, -0.1) is 0 Å². The van der Waals surface area contributed by atoms with Crippen molar-refractivity contribution in [3.05, 3.63) is 71.8 Å². The lowest BCUT2D eigenvalue weighted by molar-refractivity contribution is -0.148. The van der Waals surface area contributed by atoms with Gasteiger partial charge in [0.15, 0.2) is 0 Å². The summed E-state index contributed by atoms with van der Waals surface area (Å²) in [6.45, 7) is 2.04. The Hall–Kier alpha value is -2.66. The van der Waals surface area contributed by atoms with Crippen LogP contribution in [-0.4, -0.2) is 45.9 Å². The molecule has 5 heteroatoms. The van der Waals surface area contributed by atoms with Crippen LogP contribution < -0.4 is 0 Å². The van der Waals surface area contributed by atoms with Gasteiger partial charge in [-0.2, -0.15) is 0 Å². The van der Waals surface area contributed by atoms with Gasteiger partial charge in [0.05, 0.1) is 6.54 Å². The van der Waals surface area contributed by atoms with Crippen LogP contribution in [0.1, 0.15) is 24.0 Å². The van der Waals surface area contributed by atoms with Crippen LogP contribution in [0.5, 0.6) is 0 Å². The molecule has 1 amide bonds. The lowest BCUT2D eigenvalue weighted by atomic mass is 10.1. The van der Waals surface area contributed by atoms with E-state index in [1.165, 1.54) is 4.90 Å². The molecule has 1 saturated heterocycles. The van der Waals surface area contributed by atoms with Crippen LogP contribution in [0.2, 0.25) is 0 Å². The van der Waals surface area contributed by atoms with Crippen LogP contribution in [0.15, 0.2) is 60.7 Å². The minimum absolute atomic E-state index is 0.109. The van der Waals surface area contributed by atoms with E-state index in [0.717, 1.165) is 17.5 Å². The molecule has 0 unspecified atom stereocenters. The molecule has 1 aliphatic heterocycles. The summed E-state index contributed by atoms with van der Waals surface area (Å²) in [5.74, 6) is -1.02. The third-order valence-corrected chi connectivity index (χ3v) is 4.72. The van der Waals surface area contributed by atoms with E-state index in [4.69, 9.17) is 0 Å². The minimum Gasteiger partial charge on any atom is -0.480 e. The van der Waals surface area contributed by atoms with Gasteiger partial charge in [-0.3, -0.25) is 9.69 Å². The Morgan fingerprint density at radius 2 is 1.50 bits per heavy atom. The number of carbonyl (C=O) groups excluding carboxylic acids is 1. The lowest BCUT2D eigenvalue weighted by Crippen LogP contribution is -2.45. The maximum Gasteiger partial charge on any atom is 0.326 e. The van der Waals surface area contributed by atoms with Crippen molar-refractivity contribution in [3.8, 4) is 0 Å². The van der Waals surface area contributed by atoms with Crippen molar-refractivity contribution in [3.63, 3.8) is 0 Å². The third kappa shape index (κ3) is 4.70. The van der Waals surface area contributed by atoms with Crippen molar-refractivity contribution in [2.24, 2.45) is 0 Å². The highest BCUT2D eigenvalue weighted by Gasteiger charge is 2.34. The summed E-state index contributed by atoms with van der Waals surface area (Å²) in [6, 6.07) is 19.4. The standard InChI is InChI=1S/C21H24N2O3/c24-20(23-13-7-12-19(23)21(25)26)16-22(14-17-8-3-1-4-9-17)15-18-10-5-2-6-11-18/h1-6,8-11,19H,7,12-16H2,(H,25,26)/t19-/m0/s1. The molecule has 136 valence electrons. The van der Waals surface area contributed by atoms with E-state index in [1.54, 1.807) is 0 Å². The molecule has 0 saturated carbocycles. The van der Waals surface area contributed by atoms with Crippen LogP contribution in [-0.2, 0) is 22.7 Å². The Kier molecular flexibility index (Phi) is 6.02. The Morgan fingerprint density at radius 1 is 0.962 bits per heavy atom. The minimum atomic E-state index is -0.909. The van der Waals surface area contributed by atoms with Gasteiger partial charge in [-0.05, 0) is 24.0 Å². The molecule has 0 aromatic heterocycles. The molecule has 0 spiro atoms. The second-order valence-electron chi connectivity index (χ2n) is 6.70. The van der Waals surface area contributed by atoms with Crippen LogP contribution in [0.3, 0.4) is 0 Å². The molecule has 5 nitrogen and oxygen atoms in total. The van der Waals surface area contributed by atoms with Crippen LogP contribution >= 0.6 is 0 Å². The first kappa shape index (κ1) is 18.1. The van der Waals surface area contributed by atoms with Crippen molar-refractivity contribution < 1.29 is 14.7 Å². The average molecular weight is 352 g/mol. The number of hydrogen-bond acceptors (Lipinski definition) is 3. The molecular formula is C21H24N2O3. The third-order valence-electron chi connectivity index (χ3n) is 4.72. The molecule has 3 rings (SSSR count). The Morgan fingerprint density at radius 3 is 2.00 bits per heavy atom. The van der Waals surface area contributed by atoms with Crippen molar-refractivity contribution in [2.45, 2.75) is 32.0 Å². The predicted octanol–water partition coefficient (Wildman–Crippen LogP) is 2.76. The topological polar surface area (TPSA) is 60.9 Å². The van der Waals surface area contributed by atoms with Gasteiger partial charge >= 0.3 is 5.97 Å². The summed E-state index contributed by atoms with van der Waals surface area (Å²) >= 11 is 0. The molecule has 0 aliphatic carbocycles. The van der Waals surface area contributed by atoms with E-state index in [1.807, 2.05) is 60.7 Å². The van der Waals surface area contributed by atoms with E-state index in [2.05, 4.69) is 4.90 Å². The SMILES string of the molecule is O=C(O)[C@@H]1CCCN1C(=O)CN(Cc1ccccc1)Cc1ccccc1. The van der Waals surface area contributed by atoms with E-state index in [0.29, 0.717) is 26.1 Å². The molecule has 1 heterocycles. The Labute approximate surface area is 153 Å². The van der Waals surface area contributed by atoms with Gasteiger partial charge in [-0.1, -0.05) is 60.7 Å². The first-order chi connectivity index (χ1) is 12.6. The normalized spacial score (nSPS) is 16.8. The summed E-state index contributed by atoms with van der Waals surface area (Å²) in [4.78, 5) is 27.7.